The summed E-state index contributed by atoms with van der Waals surface area (Å²) in [6, 6.07) is 13.7. The van der Waals surface area contributed by atoms with Gasteiger partial charge in [0.05, 0.1) is 5.03 Å². The fourth-order valence-corrected chi connectivity index (χ4v) is 2.90. The van der Waals surface area contributed by atoms with Crippen molar-refractivity contribution in [3.63, 3.8) is 0 Å². The first-order chi connectivity index (χ1) is 9.79. The molecule has 1 aromatic carbocycles. The topological polar surface area (TPSA) is 24.9 Å². The van der Waals surface area contributed by atoms with Crippen molar-refractivity contribution >= 4 is 11.8 Å². The molecule has 1 aliphatic rings. The highest BCUT2D eigenvalue weighted by Gasteiger charge is 2.19. The normalized spacial score (nSPS) is 14.4. The van der Waals surface area contributed by atoms with Crippen LogP contribution in [0.15, 0.2) is 47.6 Å². The molecule has 0 spiro atoms. The zero-order chi connectivity index (χ0) is 13.8. The number of nitrogens with zero attached hydrogens (tertiary/aromatic N) is 1. The van der Waals surface area contributed by atoms with E-state index in [1.165, 1.54) is 29.5 Å². The molecule has 0 saturated heterocycles. The van der Waals surface area contributed by atoms with Crippen molar-refractivity contribution in [2.75, 3.05) is 0 Å². The lowest BCUT2D eigenvalue weighted by Gasteiger charge is -2.05. The molecule has 3 rings (SSSR count). The van der Waals surface area contributed by atoms with Crippen LogP contribution < -0.4 is 5.32 Å². The number of hydrogen-bond acceptors (Lipinski definition) is 3. The van der Waals surface area contributed by atoms with Gasteiger partial charge in [0.2, 0.25) is 0 Å². The first-order valence-corrected chi connectivity index (χ1v) is 8.15. The number of thioether (sulfide) groups is 1. The summed E-state index contributed by atoms with van der Waals surface area (Å²) in [5.41, 5.74) is 3.95. The fourth-order valence-electron chi connectivity index (χ4n) is 2.11. The van der Waals surface area contributed by atoms with Crippen LogP contribution in [-0.4, -0.2) is 11.0 Å². The van der Waals surface area contributed by atoms with Crippen molar-refractivity contribution in [1.29, 1.82) is 0 Å². The van der Waals surface area contributed by atoms with Gasteiger partial charge in [-0.25, -0.2) is 4.98 Å². The molecule has 1 aliphatic carbocycles. The van der Waals surface area contributed by atoms with Gasteiger partial charge >= 0.3 is 0 Å². The second kappa shape index (κ2) is 6.42. The van der Waals surface area contributed by atoms with Gasteiger partial charge in [-0.15, -0.1) is 11.8 Å². The molecular formula is C17H20N2S. The molecule has 1 N–H and O–H groups in total. The molecule has 3 heteroatoms. The van der Waals surface area contributed by atoms with Crippen molar-refractivity contribution in [2.24, 2.45) is 0 Å². The van der Waals surface area contributed by atoms with Crippen molar-refractivity contribution < 1.29 is 0 Å². The van der Waals surface area contributed by atoms with Gasteiger partial charge in [-0.3, -0.25) is 0 Å². The summed E-state index contributed by atoms with van der Waals surface area (Å²) >= 11 is 1.80. The Morgan fingerprint density at radius 1 is 1.20 bits per heavy atom. The largest absolute Gasteiger partial charge is 0.310 e. The molecule has 1 heterocycles. The first kappa shape index (κ1) is 13.7. The minimum Gasteiger partial charge on any atom is -0.310 e. The van der Waals surface area contributed by atoms with Crippen LogP contribution in [0.3, 0.4) is 0 Å². The molecule has 1 aromatic heterocycles. The van der Waals surface area contributed by atoms with Crippen molar-refractivity contribution in [3.8, 4) is 0 Å². The average Bonchev–Trinajstić information content (AvgIpc) is 3.28. The zero-order valence-electron chi connectivity index (χ0n) is 11.8. The van der Waals surface area contributed by atoms with Crippen molar-refractivity contribution in [1.82, 2.24) is 10.3 Å². The molecule has 1 saturated carbocycles. The smallest absolute Gasteiger partial charge is 0.0963 e. The molecule has 0 atom stereocenters. The Labute approximate surface area is 125 Å². The monoisotopic (exact) mass is 284 g/mol. The van der Waals surface area contributed by atoms with Crippen LogP contribution >= 0.6 is 11.8 Å². The lowest BCUT2D eigenvalue weighted by molar-refractivity contribution is 0.685. The van der Waals surface area contributed by atoms with Gasteiger partial charge in [0.25, 0.3) is 0 Å². The van der Waals surface area contributed by atoms with Gasteiger partial charge in [-0.1, -0.05) is 35.9 Å². The van der Waals surface area contributed by atoms with E-state index >= 15 is 0 Å². The van der Waals surface area contributed by atoms with E-state index in [2.05, 4.69) is 53.6 Å². The molecule has 0 bridgehead atoms. The Balaban J connectivity index is 1.52. The summed E-state index contributed by atoms with van der Waals surface area (Å²) in [6.45, 7) is 3.08. The van der Waals surface area contributed by atoms with E-state index in [1.54, 1.807) is 11.8 Å². The molecule has 0 aliphatic heterocycles. The van der Waals surface area contributed by atoms with Crippen LogP contribution in [0.25, 0.3) is 0 Å². The summed E-state index contributed by atoms with van der Waals surface area (Å²) in [5.74, 6) is 0.981. The first-order valence-electron chi connectivity index (χ1n) is 7.16. The van der Waals surface area contributed by atoms with E-state index in [0.29, 0.717) is 0 Å². The summed E-state index contributed by atoms with van der Waals surface area (Å²) in [7, 11) is 0. The van der Waals surface area contributed by atoms with Gasteiger partial charge in [0, 0.05) is 24.5 Å². The predicted molar refractivity (Wildman–Crippen MR) is 84.8 cm³/mol. The summed E-state index contributed by atoms with van der Waals surface area (Å²) < 4.78 is 0. The van der Waals surface area contributed by atoms with Gasteiger partial charge in [-0.05, 0) is 37.0 Å². The second-order valence-electron chi connectivity index (χ2n) is 5.44. The molecule has 1 fully saturated rings. The van der Waals surface area contributed by atoms with E-state index in [4.69, 9.17) is 0 Å². The lowest BCUT2D eigenvalue weighted by atomic mass is 10.2. The Morgan fingerprint density at radius 3 is 2.80 bits per heavy atom. The highest BCUT2D eigenvalue weighted by Crippen LogP contribution is 2.22. The SMILES string of the molecule is Cc1cccc(CSc2ccc(CNC3CC3)cn2)c1. The van der Waals surface area contributed by atoms with Gasteiger partial charge < -0.3 is 5.32 Å². The predicted octanol–water partition coefficient (Wildman–Crippen LogP) is 3.93. The van der Waals surface area contributed by atoms with Gasteiger partial charge in [0.15, 0.2) is 0 Å². The molecule has 104 valence electrons. The summed E-state index contributed by atoms with van der Waals surface area (Å²) in [4.78, 5) is 4.54. The molecule has 20 heavy (non-hydrogen) atoms. The van der Waals surface area contributed by atoms with Crippen LogP contribution in [-0.2, 0) is 12.3 Å². The highest BCUT2D eigenvalue weighted by molar-refractivity contribution is 7.98. The van der Waals surface area contributed by atoms with E-state index in [0.717, 1.165) is 23.4 Å². The Morgan fingerprint density at radius 2 is 2.10 bits per heavy atom. The summed E-state index contributed by atoms with van der Waals surface area (Å²) in [6.07, 6.45) is 4.66. The fraction of sp³-hybridized carbons (Fsp3) is 0.353. The van der Waals surface area contributed by atoms with E-state index in [9.17, 15) is 0 Å². The van der Waals surface area contributed by atoms with E-state index < -0.39 is 0 Å². The summed E-state index contributed by atoms with van der Waals surface area (Å²) in [5, 5.41) is 4.61. The van der Waals surface area contributed by atoms with E-state index in [-0.39, 0.29) is 0 Å². The maximum atomic E-state index is 4.54. The van der Waals surface area contributed by atoms with Crippen molar-refractivity contribution in [2.45, 2.75) is 43.1 Å². The lowest BCUT2D eigenvalue weighted by Crippen LogP contribution is -2.15. The number of hydrogen-bond donors (Lipinski definition) is 1. The van der Waals surface area contributed by atoms with Crippen LogP contribution in [0, 0.1) is 6.92 Å². The molecule has 2 aromatic rings. The second-order valence-corrected chi connectivity index (χ2v) is 6.43. The van der Waals surface area contributed by atoms with E-state index in [1.807, 2.05) is 6.20 Å². The van der Waals surface area contributed by atoms with Crippen LogP contribution in [0.2, 0.25) is 0 Å². The Kier molecular flexibility index (Phi) is 4.38. The van der Waals surface area contributed by atoms with Crippen molar-refractivity contribution in [3.05, 3.63) is 59.3 Å². The quantitative estimate of drug-likeness (QED) is 0.813. The molecule has 0 radical (unpaired) electrons. The third kappa shape index (κ3) is 4.09. The van der Waals surface area contributed by atoms with Crippen LogP contribution in [0.5, 0.6) is 0 Å². The van der Waals surface area contributed by atoms with Crippen LogP contribution in [0.4, 0.5) is 0 Å². The average molecular weight is 284 g/mol. The number of aryl methyl sites for hydroxylation is 1. The van der Waals surface area contributed by atoms with Gasteiger partial charge in [0.1, 0.15) is 0 Å². The third-order valence-electron chi connectivity index (χ3n) is 3.44. The molecule has 0 amide bonds. The molecule has 2 nitrogen and oxygen atoms in total. The maximum absolute atomic E-state index is 4.54. The van der Waals surface area contributed by atoms with Gasteiger partial charge in [-0.2, -0.15) is 0 Å². The molecular weight excluding hydrogens is 264 g/mol. The zero-order valence-corrected chi connectivity index (χ0v) is 12.6. The number of rotatable bonds is 6. The standard InChI is InChI=1S/C17H20N2S/c1-13-3-2-4-14(9-13)12-20-17-8-5-15(11-19-17)10-18-16-6-7-16/h2-5,8-9,11,16,18H,6-7,10,12H2,1H3. The minimum absolute atomic E-state index is 0.755. The minimum atomic E-state index is 0.755. The number of benzene rings is 1. The number of pyridine rings is 1. The number of nitrogens with one attached hydrogen (secondary N) is 1. The molecule has 0 unspecified atom stereocenters. The Bertz CT molecular complexity index is 561. The number of aromatic nitrogens is 1. The highest BCUT2D eigenvalue weighted by atomic mass is 32.2. The Hall–Kier alpha value is -1.32. The van der Waals surface area contributed by atoms with Crippen LogP contribution in [0.1, 0.15) is 29.5 Å². The third-order valence-corrected chi connectivity index (χ3v) is 4.45. The maximum Gasteiger partial charge on any atom is 0.0963 e.